The molecule has 0 N–H and O–H groups in total. The van der Waals surface area contributed by atoms with Gasteiger partial charge in [-0.1, -0.05) is 63.1 Å². The summed E-state index contributed by atoms with van der Waals surface area (Å²) in [7, 11) is 0. The second-order valence-electron chi connectivity index (χ2n) is 7.50. The highest BCUT2D eigenvalue weighted by Crippen LogP contribution is 2.19. The van der Waals surface area contributed by atoms with Crippen LogP contribution in [-0.2, 0) is 24.7 Å². The van der Waals surface area contributed by atoms with Gasteiger partial charge in [-0.05, 0) is 37.1 Å². The van der Waals surface area contributed by atoms with Crippen molar-refractivity contribution in [2.45, 2.75) is 39.5 Å². The molecule has 34 heavy (non-hydrogen) atoms. The summed E-state index contributed by atoms with van der Waals surface area (Å²) in [6.45, 7) is 3.96. The van der Waals surface area contributed by atoms with Crippen LogP contribution in [0.3, 0.4) is 0 Å². The molecule has 1 fully saturated rings. The van der Waals surface area contributed by atoms with Gasteiger partial charge in [-0.3, -0.25) is 4.79 Å². The number of rotatable bonds is 10. The molecule has 0 bridgehead atoms. The van der Waals surface area contributed by atoms with E-state index >= 15 is 0 Å². The van der Waals surface area contributed by atoms with Crippen molar-refractivity contribution in [2.24, 2.45) is 5.92 Å². The Labute approximate surface area is 214 Å². The van der Waals surface area contributed by atoms with E-state index in [1.54, 1.807) is 60.7 Å². The molecule has 0 radical (unpaired) electrons. The van der Waals surface area contributed by atoms with Crippen LogP contribution in [0.5, 0.6) is 0 Å². The molecule has 1 atom stereocenters. The molecular weight excluding hydrogens is 489 g/mol. The maximum atomic E-state index is 12.7. The highest BCUT2D eigenvalue weighted by atomic mass is 27.4. The van der Waals surface area contributed by atoms with Gasteiger partial charge in [-0.2, -0.15) is 0 Å². The zero-order valence-corrected chi connectivity index (χ0v) is 22.5. The molecule has 1 unspecified atom stereocenters. The second kappa shape index (κ2) is 14.0. The van der Waals surface area contributed by atoms with Gasteiger partial charge in [0.1, 0.15) is 0 Å². The van der Waals surface area contributed by atoms with Gasteiger partial charge in [0, 0.05) is 0 Å². The van der Waals surface area contributed by atoms with E-state index < -0.39 is 63.4 Å². The molecule has 0 spiro atoms. The van der Waals surface area contributed by atoms with E-state index in [4.69, 9.17) is 19.9 Å². The molecule has 0 aromatic heterocycles. The Hall–Kier alpha value is -1.67. The van der Waals surface area contributed by atoms with E-state index in [0.717, 1.165) is 12.8 Å². The first-order valence-electron chi connectivity index (χ1n) is 11.2. The maximum Gasteiger partial charge on any atom is 0.949 e. The fourth-order valence-electron chi connectivity index (χ4n) is 3.12. The highest BCUT2D eigenvalue weighted by Gasteiger charge is 2.62. The normalized spacial score (nSPS) is 14.4. The highest BCUT2D eigenvalue weighted by molar-refractivity contribution is 6.68. The van der Waals surface area contributed by atoms with Crippen LogP contribution in [0.1, 0.15) is 60.2 Å². The van der Waals surface area contributed by atoms with Crippen molar-refractivity contribution >= 4 is 63.4 Å². The third-order valence-corrected chi connectivity index (χ3v) is 11.6. The molecule has 0 saturated carbocycles. The zero-order chi connectivity index (χ0) is 24.3. The van der Waals surface area contributed by atoms with Gasteiger partial charge in [0.2, 0.25) is 0 Å². The molecule has 2 aromatic carbocycles. The summed E-state index contributed by atoms with van der Waals surface area (Å²) >= 11 is -9.41. The summed E-state index contributed by atoms with van der Waals surface area (Å²) in [6.07, 6.45) is 3.16. The lowest BCUT2D eigenvalue weighted by molar-refractivity contribution is -0.142. The molecule has 1 aliphatic rings. The van der Waals surface area contributed by atoms with Crippen LogP contribution in [0, 0.1) is 5.92 Å². The lowest BCUT2D eigenvalue weighted by Gasteiger charge is -2.27. The number of hydrogen-bond acceptors (Lipinski definition) is 9. The van der Waals surface area contributed by atoms with Crippen molar-refractivity contribution in [3.8, 4) is 0 Å². The van der Waals surface area contributed by atoms with E-state index in [0.29, 0.717) is 24.0 Å². The molecule has 0 aliphatic carbocycles. The Morgan fingerprint density at radius 3 is 1.59 bits per heavy atom. The number of unbranched alkanes of at least 4 members (excludes halogenated alkanes) is 1. The summed E-state index contributed by atoms with van der Waals surface area (Å²) in [5, 5.41) is 0. The summed E-state index contributed by atoms with van der Waals surface area (Å²) in [5.74, 6) is -2.01. The van der Waals surface area contributed by atoms with Crippen LogP contribution < -0.4 is 0 Å². The number of hydrogen-bond donors (Lipinski definition) is 0. The first-order chi connectivity index (χ1) is 16.5. The lowest BCUT2D eigenvalue weighted by Crippen LogP contribution is -2.54. The van der Waals surface area contributed by atoms with Crippen LogP contribution in [0.2, 0.25) is 0 Å². The lowest BCUT2D eigenvalue weighted by atomic mass is 10.00. The smallest absolute Gasteiger partial charge is 0.574 e. The Kier molecular flexibility index (Phi) is 11.1. The minimum Gasteiger partial charge on any atom is -0.574 e. The summed E-state index contributed by atoms with van der Waals surface area (Å²) in [5.41, 5.74) is 0.628. The molecule has 1 heterocycles. The largest absolute Gasteiger partial charge is 0.949 e. The average Bonchev–Trinajstić information content (AvgIpc) is 2.85. The second-order valence-corrected chi connectivity index (χ2v) is 13.2. The number of carbonyl (C=O) groups is 3. The van der Waals surface area contributed by atoms with Crippen molar-refractivity contribution in [3.63, 3.8) is 0 Å². The quantitative estimate of drug-likeness (QED) is 0.441. The van der Waals surface area contributed by atoms with Crippen LogP contribution in [-0.4, -0.2) is 63.4 Å². The third kappa shape index (κ3) is 8.22. The zero-order valence-electron chi connectivity index (χ0n) is 19.1. The molecule has 12 heteroatoms. The van der Waals surface area contributed by atoms with E-state index in [1.807, 2.05) is 13.8 Å². The van der Waals surface area contributed by atoms with Gasteiger partial charge >= 0.3 is 57.4 Å². The average molecular weight is 514 g/mol. The van der Waals surface area contributed by atoms with Crippen molar-refractivity contribution in [1.82, 2.24) is 0 Å². The SMILES string of the molecule is CCCCC(CC)C(=O)[O][Al]1[O][Al]([O]C(=O)c2ccccc2)[O][Al]([O]C(=O)c2ccccc2)[O]1. The van der Waals surface area contributed by atoms with Gasteiger partial charge in [-0.25, -0.2) is 9.59 Å². The number of carbonyl (C=O) groups excluding carboxylic acids is 3. The van der Waals surface area contributed by atoms with E-state index in [9.17, 15) is 14.4 Å². The predicted molar refractivity (Wildman–Crippen MR) is 124 cm³/mol. The molecule has 1 aliphatic heterocycles. The van der Waals surface area contributed by atoms with Crippen LogP contribution in [0.15, 0.2) is 60.7 Å². The van der Waals surface area contributed by atoms with Gasteiger partial charge < -0.3 is 19.9 Å². The minimum atomic E-state index is -3.15. The van der Waals surface area contributed by atoms with Gasteiger partial charge in [-0.15, -0.1) is 0 Å². The summed E-state index contributed by atoms with van der Waals surface area (Å²) in [4.78, 5) is 37.7. The van der Waals surface area contributed by atoms with Crippen LogP contribution >= 0.6 is 0 Å². The molecular formula is C22H25Al3O9. The molecule has 3 rings (SSSR count). The van der Waals surface area contributed by atoms with E-state index in [2.05, 4.69) is 0 Å². The molecule has 9 nitrogen and oxygen atoms in total. The third-order valence-electron chi connectivity index (χ3n) is 5.04. The van der Waals surface area contributed by atoms with Crippen molar-refractivity contribution in [3.05, 3.63) is 71.8 Å². The van der Waals surface area contributed by atoms with Crippen molar-refractivity contribution in [1.29, 1.82) is 0 Å². The number of benzene rings is 2. The fourth-order valence-corrected chi connectivity index (χ4v) is 10.1. The van der Waals surface area contributed by atoms with E-state index in [-0.39, 0.29) is 5.92 Å². The Bertz CT molecular complexity index is 884. The minimum absolute atomic E-state index is 0.290. The standard InChI is InChI=1S/C8H16O2.2C7H6O2.3Al.3O/c1-3-5-6-7(4-2)8(9)10;2*8-7(9)6-4-2-1-3-5-6;;;;;;/h7H,3-6H2,1-2H3,(H,9,10);2*1-5H,(H,8,9);;;;;;/q;;;3*+1;;;/p-3. The molecule has 176 valence electrons. The summed E-state index contributed by atoms with van der Waals surface area (Å²) in [6, 6.07) is 16.7. The van der Waals surface area contributed by atoms with Crippen LogP contribution in [0.4, 0.5) is 0 Å². The van der Waals surface area contributed by atoms with Crippen molar-refractivity contribution in [2.75, 3.05) is 0 Å². The molecule has 2 aromatic rings. The molecule has 1 saturated heterocycles. The molecule has 0 amide bonds. The first kappa shape index (κ1) is 26.9. The first-order valence-corrected chi connectivity index (χ1v) is 15.4. The predicted octanol–water partition coefficient (Wildman–Crippen LogP) is 3.48. The Morgan fingerprint density at radius 1 is 0.735 bits per heavy atom. The Balaban J connectivity index is 1.69. The summed E-state index contributed by atoms with van der Waals surface area (Å²) < 4.78 is 33.3. The Morgan fingerprint density at radius 2 is 1.18 bits per heavy atom. The topological polar surface area (TPSA) is 107 Å². The van der Waals surface area contributed by atoms with Crippen LogP contribution in [0.25, 0.3) is 0 Å². The van der Waals surface area contributed by atoms with Gasteiger partial charge in [0.05, 0.1) is 17.0 Å². The van der Waals surface area contributed by atoms with E-state index in [1.165, 1.54) is 0 Å². The van der Waals surface area contributed by atoms with Gasteiger partial charge in [0.15, 0.2) is 0 Å². The monoisotopic (exact) mass is 514 g/mol. The fraction of sp³-hybridized carbons (Fsp3) is 0.318. The maximum absolute atomic E-state index is 12.7. The van der Waals surface area contributed by atoms with Crippen molar-refractivity contribution < 1.29 is 34.3 Å². The van der Waals surface area contributed by atoms with Gasteiger partial charge in [0.25, 0.3) is 5.97 Å².